The first-order chi connectivity index (χ1) is 12.6. The number of hydrogen-bond donors (Lipinski definition) is 0. The number of carbonyl (C=O) groups excluding carboxylic acids is 2. The molecule has 0 fully saturated rings. The molecule has 1 atom stereocenters. The molecule has 2 aromatic rings. The molecule has 7 nitrogen and oxygen atoms in total. The Hall–Kier alpha value is -2.74. The van der Waals surface area contributed by atoms with Gasteiger partial charge in [-0.2, -0.15) is 0 Å². The van der Waals surface area contributed by atoms with Crippen LogP contribution in [0.25, 0.3) is 0 Å². The van der Waals surface area contributed by atoms with Crippen molar-refractivity contribution < 1.29 is 19.2 Å². The molecule has 0 spiro atoms. The molecule has 2 aliphatic rings. The van der Waals surface area contributed by atoms with Crippen molar-refractivity contribution in [3.05, 3.63) is 58.2 Å². The summed E-state index contributed by atoms with van der Waals surface area (Å²) in [5.74, 6) is -0.124. The lowest BCUT2D eigenvalue weighted by Gasteiger charge is -2.13. The van der Waals surface area contributed by atoms with Crippen molar-refractivity contribution in [3.63, 3.8) is 0 Å². The predicted octanol–water partition coefficient (Wildman–Crippen LogP) is 2.66. The van der Waals surface area contributed by atoms with Crippen LogP contribution in [0.3, 0.4) is 0 Å². The number of hydrogen-bond acceptors (Lipinski definition) is 6. The van der Waals surface area contributed by atoms with Gasteiger partial charge in [0.2, 0.25) is 5.88 Å². The summed E-state index contributed by atoms with van der Waals surface area (Å²) < 4.78 is 6.38. The maximum Gasteiger partial charge on any atom is 0.261 e. The van der Waals surface area contributed by atoms with Gasteiger partial charge in [0.05, 0.1) is 27.9 Å². The Morgan fingerprint density at radius 1 is 1.15 bits per heavy atom. The zero-order chi connectivity index (χ0) is 18.1. The zero-order valence-electron chi connectivity index (χ0n) is 13.6. The van der Waals surface area contributed by atoms with Gasteiger partial charge < -0.3 is 9.57 Å². The van der Waals surface area contributed by atoms with Crippen molar-refractivity contribution >= 4 is 33.5 Å². The molecule has 132 valence electrons. The molecule has 8 heteroatoms. The minimum atomic E-state index is -0.301. The number of rotatable bonds is 5. The second kappa shape index (κ2) is 6.87. The summed E-state index contributed by atoms with van der Waals surface area (Å²) in [6.45, 7) is 0.390. The van der Waals surface area contributed by atoms with E-state index in [9.17, 15) is 9.59 Å². The highest BCUT2D eigenvalue weighted by atomic mass is 79.9. The molecular formula is C18H14BrN3O4. The summed E-state index contributed by atoms with van der Waals surface area (Å²) in [5, 5.41) is 4.01. The molecule has 2 aliphatic heterocycles. The lowest BCUT2D eigenvalue weighted by Crippen LogP contribution is -2.35. The van der Waals surface area contributed by atoms with Crippen LogP contribution >= 0.6 is 15.9 Å². The number of benzene rings is 1. The summed E-state index contributed by atoms with van der Waals surface area (Å²) in [4.78, 5) is 35.5. The van der Waals surface area contributed by atoms with E-state index in [0.717, 1.165) is 4.47 Å². The van der Waals surface area contributed by atoms with Crippen LogP contribution in [0.5, 0.6) is 5.88 Å². The van der Waals surface area contributed by atoms with Crippen LogP contribution in [-0.4, -0.2) is 46.7 Å². The van der Waals surface area contributed by atoms with Gasteiger partial charge in [-0.15, -0.1) is 0 Å². The Morgan fingerprint density at radius 2 is 1.88 bits per heavy atom. The molecule has 4 rings (SSSR count). The van der Waals surface area contributed by atoms with Gasteiger partial charge in [0.25, 0.3) is 11.8 Å². The first-order valence-electron chi connectivity index (χ1n) is 8.03. The van der Waals surface area contributed by atoms with Crippen LogP contribution in [0, 0.1) is 0 Å². The molecule has 1 aromatic carbocycles. The van der Waals surface area contributed by atoms with Crippen LogP contribution in [0.15, 0.2) is 52.2 Å². The van der Waals surface area contributed by atoms with Crippen LogP contribution < -0.4 is 4.74 Å². The maximum absolute atomic E-state index is 12.4. The van der Waals surface area contributed by atoms with E-state index in [1.54, 1.807) is 36.5 Å². The second-order valence-corrected chi connectivity index (χ2v) is 6.79. The van der Waals surface area contributed by atoms with Crippen molar-refractivity contribution in [2.24, 2.45) is 5.16 Å². The molecule has 0 saturated heterocycles. The summed E-state index contributed by atoms with van der Waals surface area (Å²) in [6, 6.07) is 10.4. The fourth-order valence-electron chi connectivity index (χ4n) is 2.88. The number of amides is 2. The van der Waals surface area contributed by atoms with E-state index in [4.69, 9.17) is 9.57 Å². The Balaban J connectivity index is 1.35. The molecule has 0 aliphatic carbocycles. The van der Waals surface area contributed by atoms with E-state index in [1.807, 2.05) is 6.07 Å². The first kappa shape index (κ1) is 16.7. The number of imide groups is 1. The third kappa shape index (κ3) is 3.08. The number of oxime groups is 1. The topological polar surface area (TPSA) is 81.1 Å². The van der Waals surface area contributed by atoms with E-state index in [2.05, 4.69) is 26.1 Å². The molecule has 0 N–H and O–H groups in total. The molecule has 0 radical (unpaired) electrons. The molecule has 0 bridgehead atoms. The largest absolute Gasteiger partial charge is 0.473 e. The maximum atomic E-state index is 12.4. The summed E-state index contributed by atoms with van der Waals surface area (Å²) in [7, 11) is 0. The smallest absolute Gasteiger partial charge is 0.261 e. The van der Waals surface area contributed by atoms with Gasteiger partial charge >= 0.3 is 0 Å². The van der Waals surface area contributed by atoms with Crippen molar-refractivity contribution in [2.75, 3.05) is 13.2 Å². The van der Waals surface area contributed by atoms with E-state index < -0.39 is 0 Å². The zero-order valence-corrected chi connectivity index (χ0v) is 15.2. The number of pyridine rings is 1. The molecule has 26 heavy (non-hydrogen) atoms. The molecule has 2 amide bonds. The van der Waals surface area contributed by atoms with Gasteiger partial charge in [0.15, 0.2) is 6.10 Å². The monoisotopic (exact) mass is 415 g/mol. The molecule has 1 unspecified atom stereocenters. The second-order valence-electron chi connectivity index (χ2n) is 5.93. The Kier molecular flexibility index (Phi) is 4.42. The van der Waals surface area contributed by atoms with Crippen LogP contribution in [0.4, 0.5) is 0 Å². The van der Waals surface area contributed by atoms with Crippen LogP contribution in [-0.2, 0) is 4.84 Å². The average molecular weight is 416 g/mol. The normalized spacial score (nSPS) is 18.6. The summed E-state index contributed by atoms with van der Waals surface area (Å²) in [6.07, 6.45) is 1.84. The van der Waals surface area contributed by atoms with Gasteiger partial charge in [0.1, 0.15) is 6.61 Å². The number of aromatic nitrogens is 1. The fraction of sp³-hybridized carbons (Fsp3) is 0.222. The van der Waals surface area contributed by atoms with Crippen LogP contribution in [0.1, 0.15) is 27.1 Å². The Morgan fingerprint density at radius 3 is 2.58 bits per heavy atom. The molecule has 1 aromatic heterocycles. The number of halogens is 1. The van der Waals surface area contributed by atoms with E-state index in [-0.39, 0.29) is 31.1 Å². The quantitative estimate of drug-likeness (QED) is 0.701. The predicted molar refractivity (Wildman–Crippen MR) is 96.2 cm³/mol. The fourth-order valence-corrected chi connectivity index (χ4v) is 3.25. The first-order valence-corrected chi connectivity index (χ1v) is 8.83. The highest BCUT2D eigenvalue weighted by molar-refractivity contribution is 9.10. The number of fused-ring (bicyclic) bond motifs is 1. The SMILES string of the molecule is O=C1c2ccccc2C(=O)N1CC1=NOC(COc2ncccc2Br)C1. The lowest BCUT2D eigenvalue weighted by molar-refractivity contribution is 0.0454. The third-order valence-electron chi connectivity index (χ3n) is 4.14. The van der Waals surface area contributed by atoms with E-state index >= 15 is 0 Å². The molecule has 3 heterocycles. The standard InChI is InChI=1S/C18H14BrN3O4/c19-15-6-3-7-20-16(15)25-10-12-8-11(21-26-12)9-22-17(23)13-4-1-2-5-14(13)18(22)24/h1-7,12H,8-10H2. The van der Waals surface area contributed by atoms with Crippen molar-refractivity contribution in [1.82, 2.24) is 9.88 Å². The summed E-state index contributed by atoms with van der Waals surface area (Å²) in [5.41, 5.74) is 1.49. The van der Waals surface area contributed by atoms with Gasteiger partial charge in [0, 0.05) is 12.6 Å². The molecule has 0 saturated carbocycles. The van der Waals surface area contributed by atoms with E-state index in [1.165, 1.54) is 4.90 Å². The van der Waals surface area contributed by atoms with Gasteiger partial charge in [-0.05, 0) is 40.2 Å². The minimum Gasteiger partial charge on any atom is -0.473 e. The average Bonchev–Trinajstić information content (AvgIpc) is 3.20. The highest BCUT2D eigenvalue weighted by Gasteiger charge is 2.37. The van der Waals surface area contributed by atoms with E-state index in [0.29, 0.717) is 29.1 Å². The van der Waals surface area contributed by atoms with Crippen LogP contribution in [0.2, 0.25) is 0 Å². The summed E-state index contributed by atoms with van der Waals surface area (Å²) >= 11 is 3.36. The van der Waals surface area contributed by atoms with Gasteiger partial charge in [-0.25, -0.2) is 4.98 Å². The minimum absolute atomic E-state index is 0.121. The molecular weight excluding hydrogens is 402 g/mol. The Labute approximate surface area is 157 Å². The number of ether oxygens (including phenoxy) is 1. The van der Waals surface area contributed by atoms with Crippen molar-refractivity contribution in [1.29, 1.82) is 0 Å². The Bertz CT molecular complexity index is 880. The third-order valence-corrected chi connectivity index (χ3v) is 4.75. The van der Waals surface area contributed by atoms with Gasteiger partial charge in [-0.3, -0.25) is 14.5 Å². The van der Waals surface area contributed by atoms with Crippen molar-refractivity contribution in [2.45, 2.75) is 12.5 Å². The lowest BCUT2D eigenvalue weighted by atomic mass is 10.1. The highest BCUT2D eigenvalue weighted by Crippen LogP contribution is 2.24. The van der Waals surface area contributed by atoms with Gasteiger partial charge in [-0.1, -0.05) is 17.3 Å². The number of nitrogens with zero attached hydrogens (tertiary/aromatic N) is 3. The van der Waals surface area contributed by atoms with Crippen molar-refractivity contribution in [3.8, 4) is 5.88 Å². The number of carbonyl (C=O) groups is 2.